The summed E-state index contributed by atoms with van der Waals surface area (Å²) in [6.07, 6.45) is 0. The lowest BCUT2D eigenvalue weighted by molar-refractivity contribution is 1.30. The summed E-state index contributed by atoms with van der Waals surface area (Å²) in [7, 11) is 0. The first-order valence-electron chi connectivity index (χ1n) is 8.67. The molecule has 122 valence electrons. The highest BCUT2D eigenvalue weighted by Gasteiger charge is 2.15. The summed E-state index contributed by atoms with van der Waals surface area (Å²) in [4.78, 5) is 5.06. The molecule has 1 heteroatoms. The fraction of sp³-hybridized carbons (Fsp3) is 0.125. The van der Waals surface area contributed by atoms with Crippen LogP contribution in [0.2, 0.25) is 0 Å². The van der Waals surface area contributed by atoms with Gasteiger partial charge in [-0.25, -0.2) is 4.98 Å². The quantitative estimate of drug-likeness (QED) is 0.410. The van der Waals surface area contributed by atoms with E-state index in [4.69, 9.17) is 4.98 Å². The molecule has 3 aromatic carbocycles. The molecule has 0 fully saturated rings. The van der Waals surface area contributed by atoms with Crippen molar-refractivity contribution >= 4 is 10.9 Å². The molecule has 0 saturated carbocycles. The maximum absolute atomic E-state index is 5.06. The molecule has 1 nitrogen and oxygen atoms in total. The van der Waals surface area contributed by atoms with Crippen molar-refractivity contribution in [2.75, 3.05) is 0 Å². The number of fused-ring (bicyclic) bond motifs is 1. The summed E-state index contributed by atoms with van der Waals surface area (Å²) < 4.78 is 0. The zero-order valence-corrected chi connectivity index (χ0v) is 14.9. The zero-order chi connectivity index (χ0) is 17.4. The van der Waals surface area contributed by atoms with Gasteiger partial charge in [-0.1, -0.05) is 78.4 Å². The Labute approximate surface area is 149 Å². The number of para-hydroxylation sites is 1. The smallest absolute Gasteiger partial charge is 0.0745 e. The van der Waals surface area contributed by atoms with Gasteiger partial charge in [-0.3, -0.25) is 0 Å². The molecule has 1 heterocycles. The first kappa shape index (κ1) is 15.6. The monoisotopic (exact) mass is 323 g/mol. The van der Waals surface area contributed by atoms with Crippen LogP contribution in [-0.4, -0.2) is 4.98 Å². The van der Waals surface area contributed by atoms with Crippen LogP contribution in [0.25, 0.3) is 33.3 Å². The second kappa shape index (κ2) is 6.18. The fourth-order valence-corrected chi connectivity index (χ4v) is 3.49. The molecule has 0 spiro atoms. The summed E-state index contributed by atoms with van der Waals surface area (Å²) in [5, 5.41) is 1.22. The Morgan fingerprint density at radius 2 is 1.36 bits per heavy atom. The predicted octanol–water partition coefficient (Wildman–Crippen LogP) is 6.49. The molecule has 4 aromatic rings. The Bertz CT molecular complexity index is 1040. The third-order valence-electron chi connectivity index (χ3n) is 4.85. The second-order valence-corrected chi connectivity index (χ2v) is 6.66. The van der Waals surface area contributed by atoms with Gasteiger partial charge in [0.15, 0.2) is 0 Å². The summed E-state index contributed by atoms with van der Waals surface area (Å²) in [6, 6.07) is 25.7. The van der Waals surface area contributed by atoms with E-state index in [9.17, 15) is 0 Å². The van der Waals surface area contributed by atoms with Gasteiger partial charge in [-0.2, -0.15) is 0 Å². The first-order valence-corrected chi connectivity index (χ1v) is 8.67. The van der Waals surface area contributed by atoms with Gasteiger partial charge in [0.25, 0.3) is 0 Å². The minimum Gasteiger partial charge on any atom is -0.247 e. The van der Waals surface area contributed by atoms with E-state index >= 15 is 0 Å². The molecular weight excluding hydrogens is 302 g/mol. The van der Waals surface area contributed by atoms with Gasteiger partial charge in [-0.05, 0) is 43.0 Å². The van der Waals surface area contributed by atoms with Crippen LogP contribution < -0.4 is 0 Å². The number of benzene rings is 3. The number of hydrogen-bond acceptors (Lipinski definition) is 1. The molecular formula is C24H21N. The molecule has 0 aliphatic carbocycles. The lowest BCUT2D eigenvalue weighted by atomic mass is 9.92. The predicted molar refractivity (Wildman–Crippen MR) is 107 cm³/mol. The Kier molecular flexibility index (Phi) is 3.85. The van der Waals surface area contributed by atoms with Gasteiger partial charge >= 0.3 is 0 Å². The van der Waals surface area contributed by atoms with Gasteiger partial charge in [0, 0.05) is 10.9 Å². The Morgan fingerprint density at radius 1 is 0.640 bits per heavy atom. The molecule has 0 aliphatic heterocycles. The highest BCUT2D eigenvalue weighted by Crippen LogP contribution is 2.37. The molecule has 0 amide bonds. The van der Waals surface area contributed by atoms with Crippen LogP contribution in [0.5, 0.6) is 0 Å². The topological polar surface area (TPSA) is 12.9 Å². The van der Waals surface area contributed by atoms with Crippen LogP contribution in [0.1, 0.15) is 16.7 Å². The lowest BCUT2D eigenvalue weighted by Crippen LogP contribution is -1.97. The third kappa shape index (κ3) is 2.72. The van der Waals surface area contributed by atoms with E-state index < -0.39 is 0 Å². The van der Waals surface area contributed by atoms with Gasteiger partial charge in [0.05, 0.1) is 11.2 Å². The van der Waals surface area contributed by atoms with E-state index in [1.807, 2.05) is 0 Å². The Balaban J connectivity index is 2.10. The van der Waals surface area contributed by atoms with Crippen molar-refractivity contribution < 1.29 is 0 Å². The van der Waals surface area contributed by atoms with Crippen molar-refractivity contribution in [3.63, 3.8) is 0 Å². The number of aromatic nitrogens is 1. The Hall–Kier alpha value is -2.93. The molecule has 0 bridgehead atoms. The Morgan fingerprint density at radius 3 is 2.08 bits per heavy atom. The van der Waals surface area contributed by atoms with Crippen LogP contribution in [0.15, 0.2) is 72.8 Å². The number of rotatable bonds is 2. The van der Waals surface area contributed by atoms with Gasteiger partial charge in [0.1, 0.15) is 0 Å². The summed E-state index contributed by atoms with van der Waals surface area (Å²) in [5.41, 5.74) is 9.56. The van der Waals surface area contributed by atoms with Crippen molar-refractivity contribution in [2.45, 2.75) is 20.8 Å². The van der Waals surface area contributed by atoms with Crippen LogP contribution in [0, 0.1) is 20.8 Å². The van der Waals surface area contributed by atoms with Crippen LogP contribution >= 0.6 is 0 Å². The molecule has 0 atom stereocenters. The summed E-state index contributed by atoms with van der Waals surface area (Å²) in [6.45, 7) is 6.44. The number of pyridine rings is 1. The van der Waals surface area contributed by atoms with E-state index in [1.165, 1.54) is 38.8 Å². The maximum Gasteiger partial charge on any atom is 0.0745 e. The lowest BCUT2D eigenvalue weighted by Gasteiger charge is -2.16. The molecule has 25 heavy (non-hydrogen) atoms. The van der Waals surface area contributed by atoms with Crippen LogP contribution in [0.4, 0.5) is 0 Å². The van der Waals surface area contributed by atoms with Crippen LogP contribution in [-0.2, 0) is 0 Å². The van der Waals surface area contributed by atoms with Gasteiger partial charge in [-0.15, -0.1) is 0 Å². The number of aryl methyl sites for hydroxylation is 2. The second-order valence-electron chi connectivity index (χ2n) is 6.66. The maximum atomic E-state index is 5.06. The van der Waals surface area contributed by atoms with Crippen molar-refractivity contribution in [1.82, 2.24) is 4.98 Å². The molecule has 0 radical (unpaired) electrons. The third-order valence-corrected chi connectivity index (χ3v) is 4.85. The average molecular weight is 323 g/mol. The molecule has 0 saturated heterocycles. The largest absolute Gasteiger partial charge is 0.247 e. The van der Waals surface area contributed by atoms with Crippen molar-refractivity contribution in [1.29, 1.82) is 0 Å². The van der Waals surface area contributed by atoms with Crippen molar-refractivity contribution in [3.8, 4) is 22.4 Å². The summed E-state index contributed by atoms with van der Waals surface area (Å²) in [5.74, 6) is 0. The molecule has 0 N–H and O–H groups in total. The zero-order valence-electron chi connectivity index (χ0n) is 14.9. The van der Waals surface area contributed by atoms with E-state index in [-0.39, 0.29) is 0 Å². The number of hydrogen-bond donors (Lipinski definition) is 0. The van der Waals surface area contributed by atoms with E-state index in [1.54, 1.807) is 0 Å². The fourth-order valence-electron chi connectivity index (χ4n) is 3.49. The minimum atomic E-state index is 1.07. The average Bonchev–Trinajstić information content (AvgIpc) is 2.63. The SMILES string of the molecule is Cc1ccc(-c2nc3c(C)cccc3c(-c3ccccc3)c2C)cc1. The number of nitrogens with zero attached hydrogens (tertiary/aromatic N) is 1. The van der Waals surface area contributed by atoms with Crippen LogP contribution in [0.3, 0.4) is 0 Å². The minimum absolute atomic E-state index is 1.07. The first-order chi connectivity index (χ1) is 12.1. The van der Waals surface area contributed by atoms with E-state index in [2.05, 4.69) is 93.6 Å². The molecule has 4 rings (SSSR count). The van der Waals surface area contributed by atoms with E-state index in [0.717, 1.165) is 11.2 Å². The van der Waals surface area contributed by atoms with Gasteiger partial charge < -0.3 is 0 Å². The molecule has 0 aliphatic rings. The molecule has 0 unspecified atom stereocenters. The van der Waals surface area contributed by atoms with Gasteiger partial charge in [0.2, 0.25) is 0 Å². The highest BCUT2D eigenvalue weighted by molar-refractivity contribution is 6.00. The summed E-state index contributed by atoms with van der Waals surface area (Å²) >= 11 is 0. The van der Waals surface area contributed by atoms with Crippen molar-refractivity contribution in [3.05, 3.63) is 89.5 Å². The molecule has 1 aromatic heterocycles. The highest BCUT2D eigenvalue weighted by atomic mass is 14.7. The standard InChI is InChI=1S/C24H21N/c1-16-12-14-20(15-13-16)24-18(3)22(19-9-5-4-6-10-19)21-11-7-8-17(2)23(21)25-24/h4-15H,1-3H3. The van der Waals surface area contributed by atoms with E-state index in [0.29, 0.717) is 0 Å². The normalized spacial score (nSPS) is 11.0. The van der Waals surface area contributed by atoms with Crippen molar-refractivity contribution in [2.24, 2.45) is 0 Å².